The van der Waals surface area contributed by atoms with Crippen molar-refractivity contribution in [3.8, 4) is 0 Å². The van der Waals surface area contributed by atoms with Gasteiger partial charge in [-0.1, -0.05) is 30.7 Å². The minimum absolute atomic E-state index is 0.0333. The highest BCUT2D eigenvalue weighted by Gasteiger charge is 2.52. The lowest BCUT2D eigenvalue weighted by Crippen LogP contribution is -2.57. The number of thioether (sulfide) groups is 1. The van der Waals surface area contributed by atoms with E-state index >= 15 is 0 Å². The zero-order valence-electron chi connectivity index (χ0n) is 16.0. The molecule has 1 spiro atoms. The highest BCUT2D eigenvalue weighted by Crippen LogP contribution is 2.46. The van der Waals surface area contributed by atoms with Crippen molar-refractivity contribution in [2.45, 2.75) is 43.5 Å². The Kier molecular flexibility index (Phi) is 6.71. The summed E-state index contributed by atoms with van der Waals surface area (Å²) in [6.07, 6.45) is 3.04. The largest absolute Gasteiger partial charge is 0.354 e. The lowest BCUT2D eigenvalue weighted by Gasteiger charge is -2.44. The maximum absolute atomic E-state index is 12.9. The Morgan fingerprint density at radius 3 is 2.56 bits per heavy atom. The normalized spacial score (nSPS) is 22.2. The first-order valence-electron chi connectivity index (χ1n) is 9.62. The first kappa shape index (κ1) is 20.5. The third kappa shape index (κ3) is 4.61. The molecule has 1 atom stereocenters. The molecular weight excluding hydrogens is 382 g/mol. The molecule has 27 heavy (non-hydrogen) atoms. The van der Waals surface area contributed by atoms with E-state index in [1.165, 1.54) is 0 Å². The molecule has 148 valence electrons. The summed E-state index contributed by atoms with van der Waals surface area (Å²) in [5.41, 5.74) is 1.13. The Morgan fingerprint density at radius 1 is 1.26 bits per heavy atom. The molecule has 2 heterocycles. The SMILES string of the molecule is CCC(=O)N1[C@@H](C(=O)NCCc2ccc(Cl)cc2)CSC12CCN(C)CC2. The molecule has 5 nitrogen and oxygen atoms in total. The molecule has 0 radical (unpaired) electrons. The number of benzene rings is 1. The number of carbonyl (C=O) groups excluding carboxylic acids is 2. The molecule has 0 saturated carbocycles. The van der Waals surface area contributed by atoms with Gasteiger partial charge in [-0.15, -0.1) is 11.8 Å². The van der Waals surface area contributed by atoms with Crippen LogP contribution in [-0.4, -0.2) is 65.0 Å². The van der Waals surface area contributed by atoms with Crippen LogP contribution in [0.4, 0.5) is 0 Å². The molecule has 2 amide bonds. The van der Waals surface area contributed by atoms with E-state index in [1.54, 1.807) is 11.8 Å². The van der Waals surface area contributed by atoms with Crippen molar-refractivity contribution >= 4 is 35.2 Å². The van der Waals surface area contributed by atoms with Crippen molar-refractivity contribution in [1.29, 1.82) is 0 Å². The number of carbonyl (C=O) groups is 2. The van der Waals surface area contributed by atoms with Crippen molar-refractivity contribution in [3.05, 3.63) is 34.9 Å². The van der Waals surface area contributed by atoms with Crippen LogP contribution >= 0.6 is 23.4 Å². The number of hydrogen-bond acceptors (Lipinski definition) is 4. The average molecular weight is 410 g/mol. The average Bonchev–Trinajstić information content (AvgIpc) is 3.04. The van der Waals surface area contributed by atoms with Crippen molar-refractivity contribution < 1.29 is 9.59 Å². The second-order valence-electron chi connectivity index (χ2n) is 7.36. The fourth-order valence-electron chi connectivity index (χ4n) is 3.88. The molecule has 1 N–H and O–H groups in total. The predicted octanol–water partition coefficient (Wildman–Crippen LogP) is 2.77. The van der Waals surface area contributed by atoms with Crippen LogP contribution in [-0.2, 0) is 16.0 Å². The van der Waals surface area contributed by atoms with Crippen molar-refractivity contribution in [1.82, 2.24) is 15.1 Å². The molecule has 0 aliphatic carbocycles. The second kappa shape index (κ2) is 8.84. The molecule has 0 aromatic heterocycles. The number of piperidine rings is 1. The van der Waals surface area contributed by atoms with Crippen molar-refractivity contribution in [2.24, 2.45) is 0 Å². The molecule has 1 aromatic rings. The third-order valence-electron chi connectivity index (χ3n) is 5.53. The molecule has 0 bridgehead atoms. The topological polar surface area (TPSA) is 52.7 Å². The van der Waals surface area contributed by atoms with Gasteiger partial charge >= 0.3 is 0 Å². The molecular formula is C20H28ClN3O2S. The Bertz CT molecular complexity index is 674. The quantitative estimate of drug-likeness (QED) is 0.812. The number of likely N-dealkylation sites (tertiary alicyclic amines) is 1. The number of halogens is 1. The van der Waals surface area contributed by atoms with E-state index in [-0.39, 0.29) is 22.7 Å². The molecule has 2 fully saturated rings. The van der Waals surface area contributed by atoms with Gasteiger partial charge in [-0.3, -0.25) is 9.59 Å². The zero-order chi connectivity index (χ0) is 19.4. The lowest BCUT2D eigenvalue weighted by molar-refractivity contribution is -0.143. The Balaban J connectivity index is 1.62. The first-order chi connectivity index (χ1) is 12.9. The molecule has 3 rings (SSSR count). The standard InChI is InChI=1S/C20H28ClN3O2S/c1-3-18(25)24-17(14-27-20(24)9-12-23(2)13-10-20)19(26)22-11-8-15-4-6-16(21)7-5-15/h4-7,17H,3,8-14H2,1-2H3,(H,22,26)/t17-/m1/s1. The van der Waals surface area contributed by atoms with Crippen LogP contribution in [0.1, 0.15) is 31.7 Å². The Hall–Kier alpha value is -1.24. The number of nitrogens with one attached hydrogen (secondary N) is 1. The van der Waals surface area contributed by atoms with Crippen LogP contribution < -0.4 is 5.32 Å². The molecule has 2 saturated heterocycles. The van der Waals surface area contributed by atoms with Gasteiger partial charge in [0.15, 0.2) is 0 Å². The first-order valence-corrected chi connectivity index (χ1v) is 11.0. The highest BCUT2D eigenvalue weighted by molar-refractivity contribution is 8.01. The summed E-state index contributed by atoms with van der Waals surface area (Å²) in [7, 11) is 2.11. The van der Waals surface area contributed by atoms with Crippen LogP contribution in [0.3, 0.4) is 0 Å². The number of hydrogen-bond donors (Lipinski definition) is 1. The maximum atomic E-state index is 12.9. The summed E-state index contributed by atoms with van der Waals surface area (Å²) in [6, 6.07) is 7.30. The summed E-state index contributed by atoms with van der Waals surface area (Å²) in [5, 5.41) is 3.75. The van der Waals surface area contributed by atoms with Crippen LogP contribution in [0, 0.1) is 0 Å². The third-order valence-corrected chi connectivity index (χ3v) is 7.41. The summed E-state index contributed by atoms with van der Waals surface area (Å²) in [6.45, 7) is 4.37. The predicted molar refractivity (Wildman–Crippen MR) is 111 cm³/mol. The van der Waals surface area contributed by atoms with E-state index in [0.717, 1.165) is 37.9 Å². The second-order valence-corrected chi connectivity index (χ2v) is 9.18. The van der Waals surface area contributed by atoms with Gasteiger partial charge in [-0.2, -0.15) is 0 Å². The van der Waals surface area contributed by atoms with Gasteiger partial charge in [-0.25, -0.2) is 0 Å². The molecule has 1 aromatic carbocycles. The maximum Gasteiger partial charge on any atom is 0.243 e. The minimum Gasteiger partial charge on any atom is -0.354 e. The van der Waals surface area contributed by atoms with E-state index in [0.29, 0.717) is 23.7 Å². The summed E-state index contributed by atoms with van der Waals surface area (Å²) < 4.78 is 0. The highest BCUT2D eigenvalue weighted by atomic mass is 35.5. The summed E-state index contributed by atoms with van der Waals surface area (Å²) in [4.78, 5) is 29.6. The van der Waals surface area contributed by atoms with Crippen LogP contribution in [0.25, 0.3) is 0 Å². The Morgan fingerprint density at radius 2 is 1.93 bits per heavy atom. The Labute approximate surface area is 170 Å². The van der Waals surface area contributed by atoms with Gasteiger partial charge in [0.1, 0.15) is 6.04 Å². The summed E-state index contributed by atoms with van der Waals surface area (Å²) >= 11 is 7.70. The van der Waals surface area contributed by atoms with Crippen LogP contribution in [0.5, 0.6) is 0 Å². The molecule has 2 aliphatic rings. The van der Waals surface area contributed by atoms with E-state index in [1.807, 2.05) is 36.1 Å². The van der Waals surface area contributed by atoms with Crippen molar-refractivity contribution in [3.63, 3.8) is 0 Å². The van der Waals surface area contributed by atoms with E-state index in [2.05, 4.69) is 17.3 Å². The van der Waals surface area contributed by atoms with Crippen LogP contribution in [0.15, 0.2) is 24.3 Å². The molecule has 2 aliphatic heterocycles. The smallest absolute Gasteiger partial charge is 0.243 e. The monoisotopic (exact) mass is 409 g/mol. The fraction of sp³-hybridized carbons (Fsp3) is 0.600. The minimum atomic E-state index is -0.365. The number of nitrogens with zero attached hydrogens (tertiary/aromatic N) is 2. The van der Waals surface area contributed by atoms with E-state index < -0.39 is 0 Å². The van der Waals surface area contributed by atoms with E-state index in [9.17, 15) is 9.59 Å². The van der Waals surface area contributed by atoms with Gasteiger partial charge in [0.25, 0.3) is 0 Å². The number of rotatable bonds is 5. The van der Waals surface area contributed by atoms with Crippen LogP contribution in [0.2, 0.25) is 5.02 Å². The molecule has 7 heteroatoms. The van der Waals surface area contributed by atoms with Gasteiger partial charge < -0.3 is 15.1 Å². The number of amides is 2. The molecule has 0 unspecified atom stereocenters. The van der Waals surface area contributed by atoms with Gasteiger partial charge in [0, 0.05) is 36.8 Å². The van der Waals surface area contributed by atoms with Crippen molar-refractivity contribution in [2.75, 3.05) is 32.4 Å². The summed E-state index contributed by atoms with van der Waals surface area (Å²) in [5.74, 6) is 0.735. The van der Waals surface area contributed by atoms with Gasteiger partial charge in [0.05, 0.1) is 4.87 Å². The fourth-order valence-corrected chi connectivity index (χ4v) is 5.61. The van der Waals surface area contributed by atoms with Gasteiger partial charge in [-0.05, 0) is 44.0 Å². The zero-order valence-corrected chi connectivity index (χ0v) is 17.6. The van der Waals surface area contributed by atoms with Gasteiger partial charge in [0.2, 0.25) is 11.8 Å². The van der Waals surface area contributed by atoms with E-state index in [4.69, 9.17) is 11.6 Å². The lowest BCUT2D eigenvalue weighted by atomic mass is 10.00.